The Balaban J connectivity index is 0.000000593. The van der Waals surface area contributed by atoms with E-state index in [1.165, 1.54) is 77.0 Å². The van der Waals surface area contributed by atoms with Gasteiger partial charge in [-0.05, 0) is 12.8 Å². The maximum absolute atomic E-state index is 5.65. The Morgan fingerprint density at radius 2 is 1.28 bits per heavy atom. The van der Waals surface area contributed by atoms with Crippen molar-refractivity contribution < 1.29 is 9.47 Å². The molecule has 0 spiro atoms. The lowest BCUT2D eigenvalue weighted by Crippen LogP contribution is -1.97. The number of nitrogens with zero attached hydrogens (tertiary/aromatic N) is 2. The van der Waals surface area contributed by atoms with Gasteiger partial charge in [-0.15, -0.1) is 0 Å². The van der Waals surface area contributed by atoms with Crippen LogP contribution in [0.4, 0.5) is 0 Å². The zero-order chi connectivity index (χ0) is 18.6. The third kappa shape index (κ3) is 16.2. The van der Waals surface area contributed by atoms with E-state index in [0.29, 0.717) is 6.01 Å². The molecule has 0 fully saturated rings. The highest BCUT2D eigenvalue weighted by Crippen LogP contribution is 2.07. The normalized spacial score (nSPS) is 10.4. The van der Waals surface area contributed by atoms with Gasteiger partial charge in [0.2, 0.25) is 0 Å². The molecule has 1 rings (SSSR count). The topological polar surface area (TPSA) is 36.3 Å². The predicted octanol–water partition coefficient (Wildman–Crippen LogP) is 6.15. The smallest absolute Gasteiger partial charge is 0.295 e. The van der Waals surface area contributed by atoms with E-state index in [-0.39, 0.29) is 0 Å². The Morgan fingerprint density at radius 1 is 0.800 bits per heavy atom. The summed E-state index contributed by atoms with van der Waals surface area (Å²) in [4.78, 5) is 3.88. The van der Waals surface area contributed by atoms with Crippen molar-refractivity contribution in [3.8, 4) is 6.01 Å². The van der Waals surface area contributed by atoms with Gasteiger partial charge in [-0.2, -0.15) is 0 Å². The van der Waals surface area contributed by atoms with Crippen LogP contribution in [0.5, 0.6) is 6.01 Å². The van der Waals surface area contributed by atoms with Crippen LogP contribution in [0, 0.1) is 0 Å². The SMILES string of the molecule is CCCCCCCCOCCCCCCCC.COc1nccn1C. The molecule has 0 bridgehead atoms. The van der Waals surface area contributed by atoms with Crippen LogP contribution in [-0.4, -0.2) is 29.9 Å². The van der Waals surface area contributed by atoms with Gasteiger partial charge >= 0.3 is 0 Å². The highest BCUT2D eigenvalue weighted by Gasteiger charge is 1.93. The van der Waals surface area contributed by atoms with E-state index in [4.69, 9.17) is 9.47 Å². The molecule has 148 valence electrons. The average Bonchev–Trinajstić information content (AvgIpc) is 3.05. The average molecular weight is 355 g/mol. The third-order valence-corrected chi connectivity index (χ3v) is 4.24. The van der Waals surface area contributed by atoms with Crippen molar-refractivity contribution in [2.24, 2.45) is 7.05 Å². The van der Waals surface area contributed by atoms with E-state index in [1.54, 1.807) is 17.9 Å². The van der Waals surface area contributed by atoms with Crippen LogP contribution < -0.4 is 4.74 Å². The van der Waals surface area contributed by atoms with Crippen molar-refractivity contribution in [3.63, 3.8) is 0 Å². The van der Waals surface area contributed by atoms with Crippen LogP contribution in [0.3, 0.4) is 0 Å². The van der Waals surface area contributed by atoms with Crippen LogP contribution in [0.2, 0.25) is 0 Å². The van der Waals surface area contributed by atoms with Crippen LogP contribution in [0.15, 0.2) is 12.4 Å². The molecule has 0 radical (unpaired) electrons. The summed E-state index contributed by atoms with van der Waals surface area (Å²) >= 11 is 0. The van der Waals surface area contributed by atoms with Crippen LogP contribution in [0.1, 0.15) is 90.9 Å². The summed E-state index contributed by atoms with van der Waals surface area (Å²) in [5, 5.41) is 0. The Morgan fingerprint density at radius 3 is 1.64 bits per heavy atom. The second kappa shape index (κ2) is 19.3. The van der Waals surface area contributed by atoms with Gasteiger partial charge in [-0.1, -0.05) is 78.1 Å². The summed E-state index contributed by atoms with van der Waals surface area (Å²) in [6, 6.07) is 0.644. The van der Waals surface area contributed by atoms with E-state index >= 15 is 0 Å². The molecule has 0 unspecified atom stereocenters. The van der Waals surface area contributed by atoms with Crippen molar-refractivity contribution >= 4 is 0 Å². The van der Waals surface area contributed by atoms with E-state index in [9.17, 15) is 0 Å². The number of aromatic nitrogens is 2. The van der Waals surface area contributed by atoms with Crippen LogP contribution in [0.25, 0.3) is 0 Å². The van der Waals surface area contributed by atoms with Crippen molar-refractivity contribution in [3.05, 3.63) is 12.4 Å². The second-order valence-corrected chi connectivity index (χ2v) is 6.67. The van der Waals surface area contributed by atoms with Gasteiger partial charge in [0.05, 0.1) is 7.11 Å². The number of ether oxygens (including phenoxy) is 2. The Labute approximate surface area is 156 Å². The first kappa shape index (κ1) is 24.0. The van der Waals surface area contributed by atoms with Crippen LogP contribution in [-0.2, 0) is 11.8 Å². The molecule has 1 heterocycles. The minimum atomic E-state index is 0.644. The lowest BCUT2D eigenvalue weighted by molar-refractivity contribution is 0.125. The van der Waals surface area contributed by atoms with Crippen molar-refractivity contribution in [1.29, 1.82) is 0 Å². The Kier molecular flexibility index (Phi) is 18.5. The summed E-state index contributed by atoms with van der Waals surface area (Å²) in [7, 11) is 3.48. The molecule has 0 aliphatic heterocycles. The molecule has 1 aromatic heterocycles. The maximum atomic E-state index is 5.65. The fourth-order valence-corrected chi connectivity index (χ4v) is 2.62. The molecular weight excluding hydrogens is 312 g/mol. The number of unbranched alkanes of at least 4 members (excludes halogenated alkanes) is 10. The van der Waals surface area contributed by atoms with Gasteiger partial charge in [0.1, 0.15) is 0 Å². The number of hydrogen-bond donors (Lipinski definition) is 0. The summed E-state index contributed by atoms with van der Waals surface area (Å²) in [5.74, 6) is 0. The molecule has 0 amide bonds. The number of imidazole rings is 1. The minimum absolute atomic E-state index is 0.644. The standard InChI is InChI=1S/C16H34O.C5H8N2O/c1-3-5-7-9-11-13-15-17-16-14-12-10-8-6-4-2;1-7-4-3-6-5(7)8-2/h3-16H2,1-2H3;3-4H,1-2H3. The molecule has 0 N–H and O–H groups in total. The highest BCUT2D eigenvalue weighted by molar-refractivity contribution is 4.95. The molecule has 4 heteroatoms. The summed E-state index contributed by atoms with van der Waals surface area (Å²) < 4.78 is 12.3. The molecular formula is C21H42N2O2. The van der Waals surface area contributed by atoms with Gasteiger partial charge in [0.15, 0.2) is 0 Å². The Hall–Kier alpha value is -1.03. The van der Waals surface area contributed by atoms with E-state index in [1.807, 2.05) is 13.2 Å². The Bertz CT molecular complexity index is 353. The van der Waals surface area contributed by atoms with Crippen molar-refractivity contribution in [1.82, 2.24) is 9.55 Å². The van der Waals surface area contributed by atoms with Crippen molar-refractivity contribution in [2.75, 3.05) is 20.3 Å². The molecule has 0 saturated carbocycles. The van der Waals surface area contributed by atoms with Gasteiger partial charge in [0.25, 0.3) is 6.01 Å². The number of methoxy groups -OCH3 is 1. The molecule has 1 aromatic rings. The maximum Gasteiger partial charge on any atom is 0.295 e. The predicted molar refractivity (Wildman–Crippen MR) is 107 cm³/mol. The summed E-state index contributed by atoms with van der Waals surface area (Å²) in [5.41, 5.74) is 0. The molecule has 0 atom stereocenters. The van der Waals surface area contributed by atoms with Gasteiger partial charge in [0, 0.05) is 32.7 Å². The molecule has 25 heavy (non-hydrogen) atoms. The van der Waals surface area contributed by atoms with E-state index in [0.717, 1.165) is 13.2 Å². The lowest BCUT2D eigenvalue weighted by atomic mass is 10.1. The lowest BCUT2D eigenvalue weighted by Gasteiger charge is -2.04. The summed E-state index contributed by atoms with van der Waals surface area (Å²) in [6.07, 6.45) is 19.9. The quantitative estimate of drug-likeness (QED) is 0.354. The third-order valence-electron chi connectivity index (χ3n) is 4.24. The largest absolute Gasteiger partial charge is 0.468 e. The van der Waals surface area contributed by atoms with Gasteiger partial charge in [-0.25, -0.2) is 4.98 Å². The fourth-order valence-electron chi connectivity index (χ4n) is 2.62. The zero-order valence-corrected chi connectivity index (χ0v) is 17.3. The minimum Gasteiger partial charge on any atom is -0.468 e. The first-order chi connectivity index (χ1) is 12.3. The van der Waals surface area contributed by atoms with Crippen LogP contribution >= 0.6 is 0 Å². The first-order valence-electron chi connectivity index (χ1n) is 10.3. The van der Waals surface area contributed by atoms with Gasteiger partial charge in [-0.3, -0.25) is 0 Å². The second-order valence-electron chi connectivity index (χ2n) is 6.67. The van der Waals surface area contributed by atoms with Gasteiger partial charge < -0.3 is 14.0 Å². The molecule has 0 aliphatic rings. The zero-order valence-electron chi connectivity index (χ0n) is 17.3. The number of hydrogen-bond acceptors (Lipinski definition) is 3. The van der Waals surface area contributed by atoms with E-state index in [2.05, 4.69) is 18.8 Å². The monoisotopic (exact) mass is 354 g/mol. The molecule has 0 aromatic carbocycles. The first-order valence-corrected chi connectivity index (χ1v) is 10.3. The number of aryl methyl sites for hydroxylation is 1. The highest BCUT2D eigenvalue weighted by atomic mass is 16.5. The summed E-state index contributed by atoms with van der Waals surface area (Å²) in [6.45, 7) is 6.51. The van der Waals surface area contributed by atoms with E-state index < -0.39 is 0 Å². The number of rotatable bonds is 15. The molecule has 0 aliphatic carbocycles. The molecule has 0 saturated heterocycles. The van der Waals surface area contributed by atoms with Crippen molar-refractivity contribution in [2.45, 2.75) is 90.9 Å². The fraction of sp³-hybridized carbons (Fsp3) is 0.857. The molecule has 4 nitrogen and oxygen atoms in total.